The summed E-state index contributed by atoms with van der Waals surface area (Å²) in [7, 11) is 1.44. The number of aryl methyl sites for hydroxylation is 1. The van der Waals surface area contributed by atoms with Gasteiger partial charge < -0.3 is 20.5 Å². The molecule has 0 aliphatic rings. The number of carbonyl (C=O) groups is 1. The zero-order chi connectivity index (χ0) is 29.1. The van der Waals surface area contributed by atoms with E-state index in [1.165, 1.54) is 25.3 Å². The predicted molar refractivity (Wildman–Crippen MR) is 119 cm³/mol. The summed E-state index contributed by atoms with van der Waals surface area (Å²) in [6, 6.07) is 3.44. The normalized spacial score (nSPS) is 15.1. The minimum absolute atomic E-state index is 0.00345. The van der Waals surface area contributed by atoms with Crippen LogP contribution < -0.4 is 10.6 Å². The van der Waals surface area contributed by atoms with Crippen molar-refractivity contribution in [2.24, 2.45) is 0 Å². The second-order valence-electron chi connectivity index (χ2n) is 8.67. The molecule has 0 spiro atoms. The van der Waals surface area contributed by atoms with Crippen molar-refractivity contribution in [2.75, 3.05) is 19.0 Å². The van der Waals surface area contributed by atoms with Crippen LogP contribution in [0.1, 0.15) is 41.2 Å². The fourth-order valence-electron chi connectivity index (χ4n) is 3.40. The maximum absolute atomic E-state index is 13.9. The topological polar surface area (TPSA) is 70.6 Å². The number of benzene rings is 2. The van der Waals surface area contributed by atoms with Gasteiger partial charge >= 0.3 is 18.5 Å². The zero-order valence-electron chi connectivity index (χ0n) is 20.3. The molecule has 2 aromatic carbocycles. The van der Waals surface area contributed by atoms with Crippen molar-refractivity contribution in [3.8, 4) is 0 Å². The molecule has 0 aliphatic carbocycles. The second-order valence-corrected chi connectivity index (χ2v) is 8.67. The summed E-state index contributed by atoms with van der Waals surface area (Å²) in [4.78, 5) is 11.9. The van der Waals surface area contributed by atoms with E-state index in [2.05, 4.69) is 10.6 Å². The molecule has 0 fully saturated rings. The average Bonchev–Trinajstić information content (AvgIpc) is 2.79. The number of anilines is 1. The van der Waals surface area contributed by atoms with Crippen molar-refractivity contribution in [3.05, 3.63) is 64.2 Å². The summed E-state index contributed by atoms with van der Waals surface area (Å²) in [5.41, 5.74) is -8.62. The Kier molecular flexibility index (Phi) is 9.36. The van der Waals surface area contributed by atoms with Crippen molar-refractivity contribution >= 4 is 11.6 Å². The molecule has 0 unspecified atom stereocenters. The van der Waals surface area contributed by atoms with E-state index in [-0.39, 0.29) is 48.9 Å². The van der Waals surface area contributed by atoms with E-state index in [4.69, 9.17) is 4.74 Å². The molecule has 2 atom stereocenters. The lowest BCUT2D eigenvalue weighted by Crippen LogP contribution is -2.48. The highest BCUT2D eigenvalue weighted by Gasteiger charge is 2.56. The third-order valence-corrected chi connectivity index (χ3v) is 5.78. The van der Waals surface area contributed by atoms with Gasteiger partial charge in [0.15, 0.2) is 0 Å². The third kappa shape index (κ3) is 7.76. The number of halogens is 9. The standard InChI is InChI=1S/C24H25F9N2O3/c1-13-6-19(5-4-15(13)11-34-20(36)7-14(2)38-3)35-12-21(37,24(31,32)33)16-8-17(22(25,26)27)10-18(9-16)23(28,29)30/h4-6,8-10,14,35,37H,7,11-12H2,1-3H3,(H,34,36)/t14-,21-/m1/s1. The maximum atomic E-state index is 13.9. The predicted octanol–water partition coefficient (Wildman–Crippen LogP) is 5.94. The van der Waals surface area contributed by atoms with Gasteiger partial charge in [-0.1, -0.05) is 6.07 Å². The van der Waals surface area contributed by atoms with Gasteiger partial charge in [0.25, 0.3) is 0 Å². The Morgan fingerprint density at radius 1 is 0.921 bits per heavy atom. The summed E-state index contributed by atoms with van der Waals surface area (Å²) >= 11 is 0. The van der Waals surface area contributed by atoms with Gasteiger partial charge in [0, 0.05) is 19.3 Å². The van der Waals surface area contributed by atoms with Crippen LogP contribution in [-0.2, 0) is 34.0 Å². The second kappa shape index (κ2) is 11.4. The summed E-state index contributed by atoms with van der Waals surface area (Å²) in [5.74, 6) is -0.310. The number of rotatable bonds is 9. The van der Waals surface area contributed by atoms with Gasteiger partial charge in [-0.3, -0.25) is 4.79 Å². The van der Waals surface area contributed by atoms with Crippen molar-refractivity contribution < 1.29 is 54.2 Å². The number of amides is 1. The number of alkyl halides is 9. The first-order chi connectivity index (χ1) is 17.3. The highest BCUT2D eigenvalue weighted by Crippen LogP contribution is 2.44. The van der Waals surface area contributed by atoms with Crippen molar-refractivity contribution in [1.82, 2.24) is 5.32 Å². The molecular formula is C24H25F9N2O3. The van der Waals surface area contributed by atoms with E-state index in [1.54, 1.807) is 13.8 Å². The first-order valence-corrected chi connectivity index (χ1v) is 11.0. The molecule has 5 nitrogen and oxygen atoms in total. The Morgan fingerprint density at radius 3 is 1.89 bits per heavy atom. The van der Waals surface area contributed by atoms with E-state index in [1.807, 2.05) is 0 Å². The van der Waals surface area contributed by atoms with Crippen molar-refractivity contribution in [3.63, 3.8) is 0 Å². The number of carbonyl (C=O) groups excluding carboxylic acids is 1. The van der Waals surface area contributed by atoms with Crippen molar-refractivity contribution in [2.45, 2.75) is 57.0 Å². The van der Waals surface area contributed by atoms with Crippen LogP contribution in [0, 0.1) is 6.92 Å². The summed E-state index contributed by atoms with van der Waals surface area (Å²) < 4.78 is 126. The lowest BCUT2D eigenvalue weighted by Gasteiger charge is -2.32. The molecule has 0 saturated heterocycles. The SMILES string of the molecule is CO[C@H](C)CC(=O)NCc1ccc(NC[C@@](O)(c2cc(C(F)(F)F)cc(C(F)(F)F)c2)C(F)(F)F)cc1C. The van der Waals surface area contributed by atoms with Gasteiger partial charge in [-0.15, -0.1) is 0 Å². The highest BCUT2D eigenvalue weighted by molar-refractivity contribution is 5.76. The fraction of sp³-hybridized carbons (Fsp3) is 0.458. The molecule has 3 N–H and O–H groups in total. The summed E-state index contributed by atoms with van der Waals surface area (Å²) in [6.07, 6.45) is -16.7. The summed E-state index contributed by atoms with van der Waals surface area (Å²) in [6.45, 7) is 1.86. The number of hydrogen-bond donors (Lipinski definition) is 3. The number of hydrogen-bond acceptors (Lipinski definition) is 4. The van der Waals surface area contributed by atoms with Crippen LogP contribution in [0.25, 0.3) is 0 Å². The van der Waals surface area contributed by atoms with E-state index < -0.39 is 47.4 Å². The molecule has 0 bridgehead atoms. The molecule has 38 heavy (non-hydrogen) atoms. The molecule has 2 rings (SSSR count). The number of nitrogens with one attached hydrogen (secondary N) is 2. The Morgan fingerprint density at radius 2 is 1.45 bits per heavy atom. The Bertz CT molecular complexity index is 1100. The molecule has 0 saturated carbocycles. The molecule has 0 aromatic heterocycles. The number of ether oxygens (including phenoxy) is 1. The molecule has 212 valence electrons. The minimum atomic E-state index is -5.65. The monoisotopic (exact) mass is 560 g/mol. The molecule has 0 heterocycles. The maximum Gasteiger partial charge on any atom is 0.423 e. The Labute approximate surface area is 212 Å². The fourth-order valence-corrected chi connectivity index (χ4v) is 3.40. The van der Waals surface area contributed by atoms with Gasteiger partial charge in [0.05, 0.1) is 30.2 Å². The number of methoxy groups -OCH3 is 1. The van der Waals surface area contributed by atoms with Crippen LogP contribution in [-0.4, -0.2) is 36.9 Å². The largest absolute Gasteiger partial charge is 0.423 e. The first kappa shape index (κ1) is 31.2. The average molecular weight is 560 g/mol. The lowest BCUT2D eigenvalue weighted by atomic mass is 9.89. The quantitative estimate of drug-likeness (QED) is 0.333. The molecule has 2 aromatic rings. The molecule has 14 heteroatoms. The zero-order valence-corrected chi connectivity index (χ0v) is 20.3. The van der Waals surface area contributed by atoms with Crippen LogP contribution in [0.3, 0.4) is 0 Å². The van der Waals surface area contributed by atoms with Crippen LogP contribution >= 0.6 is 0 Å². The van der Waals surface area contributed by atoms with Gasteiger partial charge in [-0.25, -0.2) is 0 Å². The van der Waals surface area contributed by atoms with Gasteiger partial charge in [-0.05, 0) is 60.9 Å². The first-order valence-electron chi connectivity index (χ1n) is 11.0. The van der Waals surface area contributed by atoms with Crippen molar-refractivity contribution in [1.29, 1.82) is 0 Å². The van der Waals surface area contributed by atoms with E-state index in [0.717, 1.165) is 0 Å². The highest BCUT2D eigenvalue weighted by atomic mass is 19.4. The molecule has 0 aliphatic heterocycles. The Hall–Kier alpha value is -3.00. The Balaban J connectivity index is 2.32. The lowest BCUT2D eigenvalue weighted by molar-refractivity contribution is -0.261. The minimum Gasteiger partial charge on any atom is -0.381 e. The van der Waals surface area contributed by atoms with Crippen LogP contribution in [0.5, 0.6) is 0 Å². The smallest absolute Gasteiger partial charge is 0.381 e. The van der Waals surface area contributed by atoms with Crippen LogP contribution in [0.15, 0.2) is 36.4 Å². The van der Waals surface area contributed by atoms with Gasteiger partial charge in [0.2, 0.25) is 11.5 Å². The van der Waals surface area contributed by atoms with E-state index >= 15 is 0 Å². The molecule has 1 amide bonds. The molecule has 0 radical (unpaired) electrons. The van der Waals surface area contributed by atoms with E-state index in [9.17, 15) is 49.4 Å². The van der Waals surface area contributed by atoms with Crippen LogP contribution in [0.2, 0.25) is 0 Å². The summed E-state index contributed by atoms with van der Waals surface area (Å²) in [5, 5.41) is 15.3. The van der Waals surface area contributed by atoms with Gasteiger partial charge in [0.1, 0.15) is 0 Å². The number of aliphatic hydroxyl groups is 1. The molecular weight excluding hydrogens is 535 g/mol. The van der Waals surface area contributed by atoms with E-state index in [0.29, 0.717) is 11.1 Å². The third-order valence-electron chi connectivity index (χ3n) is 5.78. The van der Waals surface area contributed by atoms with Gasteiger partial charge in [-0.2, -0.15) is 39.5 Å². The van der Waals surface area contributed by atoms with Crippen LogP contribution in [0.4, 0.5) is 45.2 Å².